The largest absolute Gasteiger partial charge is 0.396 e. The third-order valence-electron chi connectivity index (χ3n) is 4.05. The summed E-state index contributed by atoms with van der Waals surface area (Å²) in [6.07, 6.45) is 4.17. The normalized spacial score (nSPS) is 22.5. The van der Waals surface area contributed by atoms with Crippen molar-refractivity contribution in [3.63, 3.8) is 0 Å². The van der Waals surface area contributed by atoms with Crippen molar-refractivity contribution in [1.29, 1.82) is 0 Å². The van der Waals surface area contributed by atoms with Crippen molar-refractivity contribution in [1.82, 2.24) is 5.32 Å². The summed E-state index contributed by atoms with van der Waals surface area (Å²) in [5.41, 5.74) is 1.05. The SMILES string of the molecule is O=C(NCCCO)C1CCC(c2cccc(F)c2)CC1. The van der Waals surface area contributed by atoms with Crippen LogP contribution in [0.2, 0.25) is 0 Å². The molecule has 0 radical (unpaired) electrons. The zero-order chi connectivity index (χ0) is 14.4. The van der Waals surface area contributed by atoms with E-state index in [0.717, 1.165) is 31.2 Å². The van der Waals surface area contributed by atoms with Gasteiger partial charge in [0, 0.05) is 19.1 Å². The van der Waals surface area contributed by atoms with Gasteiger partial charge >= 0.3 is 0 Å². The molecule has 110 valence electrons. The number of halogens is 1. The number of hydrogen-bond acceptors (Lipinski definition) is 2. The Morgan fingerprint density at radius 1 is 1.30 bits per heavy atom. The molecule has 0 atom stereocenters. The van der Waals surface area contributed by atoms with Crippen LogP contribution in [0.5, 0.6) is 0 Å². The van der Waals surface area contributed by atoms with Crippen LogP contribution in [0.4, 0.5) is 4.39 Å². The van der Waals surface area contributed by atoms with E-state index < -0.39 is 0 Å². The fraction of sp³-hybridized carbons (Fsp3) is 0.562. The predicted octanol–water partition coefficient (Wildman–Crippen LogP) is 2.60. The maximum Gasteiger partial charge on any atom is 0.223 e. The fourth-order valence-corrected chi connectivity index (χ4v) is 2.88. The summed E-state index contributed by atoms with van der Waals surface area (Å²) < 4.78 is 13.2. The molecule has 1 fully saturated rings. The van der Waals surface area contributed by atoms with Gasteiger partial charge in [-0.15, -0.1) is 0 Å². The van der Waals surface area contributed by atoms with Crippen LogP contribution < -0.4 is 5.32 Å². The molecule has 0 unspecified atom stereocenters. The molecule has 0 aliphatic heterocycles. The van der Waals surface area contributed by atoms with Crippen molar-refractivity contribution in [2.24, 2.45) is 5.92 Å². The van der Waals surface area contributed by atoms with E-state index in [1.54, 1.807) is 12.1 Å². The highest BCUT2D eigenvalue weighted by Gasteiger charge is 2.26. The molecule has 0 saturated heterocycles. The lowest BCUT2D eigenvalue weighted by Gasteiger charge is -2.28. The molecule has 20 heavy (non-hydrogen) atoms. The molecule has 2 rings (SSSR count). The van der Waals surface area contributed by atoms with E-state index in [9.17, 15) is 9.18 Å². The molecule has 0 spiro atoms. The van der Waals surface area contributed by atoms with Crippen molar-refractivity contribution in [3.05, 3.63) is 35.6 Å². The van der Waals surface area contributed by atoms with Gasteiger partial charge in [0.1, 0.15) is 5.82 Å². The molecule has 2 N–H and O–H groups in total. The highest BCUT2D eigenvalue weighted by molar-refractivity contribution is 5.78. The van der Waals surface area contributed by atoms with Gasteiger partial charge < -0.3 is 10.4 Å². The molecule has 0 bridgehead atoms. The Morgan fingerprint density at radius 2 is 2.05 bits per heavy atom. The van der Waals surface area contributed by atoms with Gasteiger partial charge in [0.05, 0.1) is 0 Å². The Hall–Kier alpha value is -1.42. The minimum Gasteiger partial charge on any atom is -0.396 e. The van der Waals surface area contributed by atoms with Crippen molar-refractivity contribution in [2.75, 3.05) is 13.2 Å². The molecule has 1 aliphatic rings. The van der Waals surface area contributed by atoms with Crippen LogP contribution >= 0.6 is 0 Å². The summed E-state index contributed by atoms with van der Waals surface area (Å²) in [6, 6.07) is 6.78. The highest BCUT2D eigenvalue weighted by atomic mass is 19.1. The first-order valence-corrected chi connectivity index (χ1v) is 7.34. The van der Waals surface area contributed by atoms with Gasteiger partial charge in [-0.3, -0.25) is 4.79 Å². The van der Waals surface area contributed by atoms with E-state index in [-0.39, 0.29) is 24.2 Å². The Balaban J connectivity index is 1.81. The standard InChI is InChI=1S/C16H22FNO2/c17-15-4-1-3-14(11-15)12-5-7-13(8-6-12)16(20)18-9-2-10-19/h1,3-4,11-13,19H,2,5-10H2,(H,18,20). The third kappa shape index (κ3) is 4.04. The maximum atomic E-state index is 13.2. The molecule has 1 aliphatic carbocycles. The summed E-state index contributed by atoms with van der Waals surface area (Å²) in [5.74, 6) is 0.341. The number of aliphatic hydroxyl groups is 1. The third-order valence-corrected chi connectivity index (χ3v) is 4.05. The summed E-state index contributed by atoms with van der Waals surface area (Å²) in [5, 5.41) is 11.5. The van der Waals surface area contributed by atoms with Crippen LogP contribution in [-0.4, -0.2) is 24.2 Å². The Kier molecular flexibility index (Phi) is 5.53. The van der Waals surface area contributed by atoms with Crippen molar-refractivity contribution >= 4 is 5.91 Å². The number of nitrogens with one attached hydrogen (secondary N) is 1. The molecule has 4 heteroatoms. The average Bonchev–Trinajstić information content (AvgIpc) is 2.47. The summed E-state index contributed by atoms with van der Waals surface area (Å²) >= 11 is 0. The smallest absolute Gasteiger partial charge is 0.223 e. The van der Waals surface area contributed by atoms with Crippen LogP contribution in [0.3, 0.4) is 0 Å². The number of carbonyl (C=O) groups is 1. The summed E-state index contributed by atoms with van der Waals surface area (Å²) in [4.78, 5) is 11.9. The van der Waals surface area contributed by atoms with E-state index in [2.05, 4.69) is 5.32 Å². The lowest BCUT2D eigenvalue weighted by molar-refractivity contribution is -0.126. The lowest BCUT2D eigenvalue weighted by Crippen LogP contribution is -2.33. The number of benzene rings is 1. The second-order valence-electron chi connectivity index (χ2n) is 5.47. The number of hydrogen-bond donors (Lipinski definition) is 2. The summed E-state index contributed by atoms with van der Waals surface area (Å²) in [7, 11) is 0. The molecule has 1 aromatic rings. The van der Waals surface area contributed by atoms with E-state index in [4.69, 9.17) is 5.11 Å². The van der Waals surface area contributed by atoms with Gasteiger partial charge in [-0.05, 0) is 55.7 Å². The van der Waals surface area contributed by atoms with Gasteiger partial charge in [-0.25, -0.2) is 4.39 Å². The maximum absolute atomic E-state index is 13.2. The quantitative estimate of drug-likeness (QED) is 0.814. The van der Waals surface area contributed by atoms with Gasteiger partial charge in [0.25, 0.3) is 0 Å². The number of aliphatic hydroxyl groups excluding tert-OH is 1. The monoisotopic (exact) mass is 279 g/mol. The van der Waals surface area contributed by atoms with Crippen molar-refractivity contribution in [3.8, 4) is 0 Å². The first-order chi connectivity index (χ1) is 9.70. The van der Waals surface area contributed by atoms with E-state index in [1.165, 1.54) is 6.07 Å². The average molecular weight is 279 g/mol. The number of carbonyl (C=O) groups excluding carboxylic acids is 1. The predicted molar refractivity (Wildman–Crippen MR) is 75.8 cm³/mol. The van der Waals surface area contributed by atoms with Gasteiger partial charge in [-0.2, -0.15) is 0 Å². The van der Waals surface area contributed by atoms with E-state index in [0.29, 0.717) is 18.9 Å². The topological polar surface area (TPSA) is 49.3 Å². The lowest BCUT2D eigenvalue weighted by atomic mass is 9.78. The van der Waals surface area contributed by atoms with E-state index in [1.807, 2.05) is 6.07 Å². The molecule has 0 aromatic heterocycles. The Labute approximate surface area is 119 Å². The molecular weight excluding hydrogens is 257 g/mol. The van der Waals surface area contributed by atoms with Crippen LogP contribution in [-0.2, 0) is 4.79 Å². The molecule has 1 saturated carbocycles. The molecule has 1 amide bonds. The molecule has 0 heterocycles. The zero-order valence-electron chi connectivity index (χ0n) is 11.6. The number of amides is 1. The second-order valence-corrected chi connectivity index (χ2v) is 5.47. The molecule has 1 aromatic carbocycles. The molecule has 3 nitrogen and oxygen atoms in total. The van der Waals surface area contributed by atoms with Crippen LogP contribution in [0.25, 0.3) is 0 Å². The first-order valence-electron chi connectivity index (χ1n) is 7.34. The minimum absolute atomic E-state index is 0.0681. The van der Waals surface area contributed by atoms with Crippen LogP contribution in [0, 0.1) is 11.7 Å². The first kappa shape index (κ1) is 15.0. The van der Waals surface area contributed by atoms with E-state index >= 15 is 0 Å². The van der Waals surface area contributed by atoms with Gasteiger partial charge in [0.15, 0.2) is 0 Å². The van der Waals surface area contributed by atoms with Gasteiger partial charge in [-0.1, -0.05) is 12.1 Å². The van der Waals surface area contributed by atoms with Crippen molar-refractivity contribution < 1.29 is 14.3 Å². The Morgan fingerprint density at radius 3 is 2.70 bits per heavy atom. The number of rotatable bonds is 5. The minimum atomic E-state index is -0.189. The summed E-state index contributed by atoms with van der Waals surface area (Å²) in [6.45, 7) is 0.645. The zero-order valence-corrected chi connectivity index (χ0v) is 11.6. The van der Waals surface area contributed by atoms with Gasteiger partial charge in [0.2, 0.25) is 5.91 Å². The second kappa shape index (κ2) is 7.39. The van der Waals surface area contributed by atoms with Crippen molar-refractivity contribution in [2.45, 2.75) is 38.0 Å². The Bertz CT molecular complexity index is 442. The van der Waals surface area contributed by atoms with Crippen LogP contribution in [0.1, 0.15) is 43.6 Å². The highest BCUT2D eigenvalue weighted by Crippen LogP contribution is 2.35. The fourth-order valence-electron chi connectivity index (χ4n) is 2.88. The molecular formula is C16H22FNO2. The van der Waals surface area contributed by atoms with Crippen LogP contribution in [0.15, 0.2) is 24.3 Å².